The van der Waals surface area contributed by atoms with E-state index < -0.39 is 24.4 Å². The number of hydrogen-bond donors (Lipinski definition) is 4. The zero-order valence-electron chi connectivity index (χ0n) is 11.0. The summed E-state index contributed by atoms with van der Waals surface area (Å²) < 4.78 is 9.72. The summed E-state index contributed by atoms with van der Waals surface area (Å²) >= 11 is 0. The highest BCUT2D eigenvalue weighted by molar-refractivity contribution is 5.72. The minimum absolute atomic E-state index is 0.0967. The Bertz CT molecular complexity index is 249. The van der Waals surface area contributed by atoms with Gasteiger partial charge in [0.25, 0.3) is 0 Å². The summed E-state index contributed by atoms with van der Waals surface area (Å²) in [5.74, 6) is -0.917. The first-order valence-corrected chi connectivity index (χ1v) is 6.29. The summed E-state index contributed by atoms with van der Waals surface area (Å²) in [6.07, 6.45) is -0.0602. The average molecular weight is 276 g/mol. The summed E-state index contributed by atoms with van der Waals surface area (Å²) in [5, 5.41) is 0. The molecule has 2 unspecified atom stereocenters. The minimum Gasteiger partial charge on any atom is -0.447 e. The molecule has 112 valence electrons. The number of carbonyl (C=O) groups is 2. The van der Waals surface area contributed by atoms with Crippen molar-refractivity contribution < 1.29 is 19.1 Å². The molecule has 19 heavy (non-hydrogen) atoms. The summed E-state index contributed by atoms with van der Waals surface area (Å²) in [6, 6.07) is 0. The Kier molecular flexibility index (Phi) is 9.99. The van der Waals surface area contributed by atoms with Crippen LogP contribution in [0.3, 0.4) is 0 Å². The van der Waals surface area contributed by atoms with Crippen LogP contribution in [0.15, 0.2) is 0 Å². The van der Waals surface area contributed by atoms with Gasteiger partial charge in [-0.3, -0.25) is 21.1 Å². The van der Waals surface area contributed by atoms with Crippen LogP contribution < -0.4 is 22.9 Å². The predicted octanol–water partition coefficient (Wildman–Crippen LogP) is -1.49. The molecular weight excluding hydrogens is 252 g/mol. The standard InChI is InChI=1S/C11H24N4O4/c12-6-4-8(14)18-10(16)2-1-3-11(17)19-9(15)5-7-13/h8-9H,1-7,12-15H2. The van der Waals surface area contributed by atoms with Gasteiger partial charge in [-0.1, -0.05) is 0 Å². The predicted molar refractivity (Wildman–Crippen MR) is 69.3 cm³/mol. The van der Waals surface area contributed by atoms with Crippen molar-refractivity contribution in [2.75, 3.05) is 13.1 Å². The molecule has 8 heteroatoms. The lowest BCUT2D eigenvalue weighted by Gasteiger charge is -2.13. The van der Waals surface area contributed by atoms with E-state index in [2.05, 4.69) is 0 Å². The summed E-state index contributed by atoms with van der Waals surface area (Å²) in [6.45, 7) is 0.694. The van der Waals surface area contributed by atoms with E-state index in [9.17, 15) is 9.59 Å². The van der Waals surface area contributed by atoms with Gasteiger partial charge in [0.05, 0.1) is 0 Å². The van der Waals surface area contributed by atoms with Crippen LogP contribution in [0.5, 0.6) is 0 Å². The third-order valence-corrected chi connectivity index (χ3v) is 2.23. The van der Waals surface area contributed by atoms with Crippen LogP contribution in [0.4, 0.5) is 0 Å². The molecule has 0 aromatic heterocycles. The number of hydrogen-bond acceptors (Lipinski definition) is 8. The molecule has 0 aliphatic carbocycles. The maximum Gasteiger partial charge on any atom is 0.307 e. The normalized spacial score (nSPS) is 13.7. The molecule has 8 N–H and O–H groups in total. The molecule has 0 aromatic carbocycles. The van der Waals surface area contributed by atoms with Crippen LogP contribution in [0.2, 0.25) is 0 Å². The van der Waals surface area contributed by atoms with E-state index in [1.807, 2.05) is 0 Å². The third-order valence-electron chi connectivity index (χ3n) is 2.23. The molecule has 0 fully saturated rings. The third kappa shape index (κ3) is 10.4. The van der Waals surface area contributed by atoms with Crippen molar-refractivity contribution in [1.82, 2.24) is 0 Å². The molecule has 0 rings (SSSR count). The van der Waals surface area contributed by atoms with Gasteiger partial charge in [-0.05, 0) is 19.5 Å². The summed E-state index contributed by atoms with van der Waals surface area (Å²) in [7, 11) is 0. The lowest BCUT2D eigenvalue weighted by Crippen LogP contribution is -2.30. The van der Waals surface area contributed by atoms with Gasteiger partial charge < -0.3 is 20.9 Å². The molecule has 0 aliphatic rings. The van der Waals surface area contributed by atoms with Crippen molar-refractivity contribution >= 4 is 11.9 Å². The second kappa shape index (κ2) is 10.7. The fourth-order valence-electron chi connectivity index (χ4n) is 1.28. The summed E-state index contributed by atoms with van der Waals surface area (Å²) in [5.41, 5.74) is 21.5. The van der Waals surface area contributed by atoms with E-state index in [4.69, 9.17) is 32.4 Å². The van der Waals surface area contributed by atoms with Gasteiger partial charge in [-0.25, -0.2) is 0 Å². The van der Waals surface area contributed by atoms with E-state index >= 15 is 0 Å². The van der Waals surface area contributed by atoms with Crippen LogP contribution in [-0.4, -0.2) is 37.5 Å². The highest BCUT2D eigenvalue weighted by Crippen LogP contribution is 2.03. The molecule has 0 saturated heterocycles. The maximum absolute atomic E-state index is 11.3. The van der Waals surface area contributed by atoms with Crippen LogP contribution in [0, 0.1) is 0 Å². The van der Waals surface area contributed by atoms with E-state index in [1.165, 1.54) is 0 Å². The molecule has 0 spiro atoms. The van der Waals surface area contributed by atoms with Gasteiger partial charge in [0, 0.05) is 25.7 Å². The highest BCUT2D eigenvalue weighted by Gasteiger charge is 2.12. The van der Waals surface area contributed by atoms with Crippen LogP contribution >= 0.6 is 0 Å². The Labute approximate surface area is 112 Å². The number of esters is 2. The SMILES string of the molecule is NCCC(N)OC(=O)CCCC(=O)OC(N)CCN. The lowest BCUT2D eigenvalue weighted by molar-refractivity contribution is -0.150. The van der Waals surface area contributed by atoms with Crippen LogP contribution in [0.25, 0.3) is 0 Å². The second-order valence-electron chi connectivity index (χ2n) is 4.06. The number of rotatable bonds is 10. The number of carbonyl (C=O) groups excluding carboxylic acids is 2. The quantitative estimate of drug-likeness (QED) is 0.277. The Morgan fingerprint density at radius 2 is 1.21 bits per heavy atom. The molecule has 8 nitrogen and oxygen atoms in total. The van der Waals surface area contributed by atoms with Gasteiger partial charge in [0.2, 0.25) is 0 Å². The maximum atomic E-state index is 11.3. The molecule has 0 heterocycles. The van der Waals surface area contributed by atoms with E-state index in [1.54, 1.807) is 0 Å². The van der Waals surface area contributed by atoms with E-state index in [-0.39, 0.29) is 12.8 Å². The van der Waals surface area contributed by atoms with Crippen LogP contribution in [0.1, 0.15) is 32.1 Å². The lowest BCUT2D eigenvalue weighted by atomic mass is 10.2. The number of nitrogens with two attached hydrogens (primary N) is 4. The van der Waals surface area contributed by atoms with Crippen molar-refractivity contribution in [2.24, 2.45) is 22.9 Å². The minimum atomic E-state index is -0.692. The Morgan fingerprint density at radius 1 is 0.842 bits per heavy atom. The van der Waals surface area contributed by atoms with Gasteiger partial charge >= 0.3 is 11.9 Å². The molecular formula is C11H24N4O4. The molecule has 0 amide bonds. The largest absolute Gasteiger partial charge is 0.447 e. The first kappa shape index (κ1) is 17.8. The fourth-order valence-corrected chi connectivity index (χ4v) is 1.28. The molecule has 2 atom stereocenters. The average Bonchev–Trinajstić information content (AvgIpc) is 2.28. The van der Waals surface area contributed by atoms with Gasteiger partial charge in [0.1, 0.15) is 0 Å². The second-order valence-corrected chi connectivity index (χ2v) is 4.06. The smallest absolute Gasteiger partial charge is 0.307 e. The molecule has 0 bridgehead atoms. The molecule has 0 saturated carbocycles. The van der Waals surface area contributed by atoms with Crippen LogP contribution in [-0.2, 0) is 19.1 Å². The van der Waals surface area contributed by atoms with Gasteiger partial charge in [-0.15, -0.1) is 0 Å². The van der Waals surface area contributed by atoms with Gasteiger partial charge in [-0.2, -0.15) is 0 Å². The van der Waals surface area contributed by atoms with Crippen molar-refractivity contribution in [3.63, 3.8) is 0 Å². The monoisotopic (exact) mass is 276 g/mol. The molecule has 0 aromatic rings. The number of ether oxygens (including phenoxy) is 2. The zero-order chi connectivity index (χ0) is 14.7. The topological polar surface area (TPSA) is 157 Å². The Morgan fingerprint density at radius 3 is 1.53 bits per heavy atom. The zero-order valence-corrected chi connectivity index (χ0v) is 11.0. The molecule has 0 radical (unpaired) electrons. The van der Waals surface area contributed by atoms with E-state index in [0.717, 1.165) is 0 Å². The summed E-state index contributed by atoms with van der Waals surface area (Å²) in [4.78, 5) is 22.6. The fraction of sp³-hybridized carbons (Fsp3) is 0.818. The van der Waals surface area contributed by atoms with Crippen molar-refractivity contribution in [3.8, 4) is 0 Å². The van der Waals surface area contributed by atoms with Gasteiger partial charge in [0.15, 0.2) is 12.5 Å². The van der Waals surface area contributed by atoms with Crippen molar-refractivity contribution in [2.45, 2.75) is 44.6 Å². The first-order valence-electron chi connectivity index (χ1n) is 6.29. The molecule has 0 aliphatic heterocycles. The van der Waals surface area contributed by atoms with E-state index in [0.29, 0.717) is 32.4 Å². The van der Waals surface area contributed by atoms with Crippen molar-refractivity contribution in [3.05, 3.63) is 0 Å². The Hall–Kier alpha value is -1.22. The highest BCUT2D eigenvalue weighted by atomic mass is 16.6. The first-order chi connectivity index (χ1) is 8.99. The Balaban J connectivity index is 3.66. The van der Waals surface area contributed by atoms with Crippen molar-refractivity contribution in [1.29, 1.82) is 0 Å².